The number of aldehydes is 1. The molecule has 2 aromatic carbocycles. The zero-order valence-corrected chi connectivity index (χ0v) is 11.9. The highest BCUT2D eigenvalue weighted by atomic mass is 35.5. The maximum atomic E-state index is 10.8. The molecule has 0 aliphatic carbocycles. The van der Waals surface area contributed by atoms with Crippen LogP contribution in [0.4, 0.5) is 5.69 Å². The first-order valence-corrected chi connectivity index (χ1v) is 7.22. The lowest BCUT2D eigenvalue weighted by molar-refractivity contribution is 0.112. The van der Waals surface area contributed by atoms with Crippen molar-refractivity contribution in [2.24, 2.45) is 0 Å². The summed E-state index contributed by atoms with van der Waals surface area (Å²) in [7, 11) is 0. The van der Waals surface area contributed by atoms with Gasteiger partial charge in [0.25, 0.3) is 0 Å². The molecule has 0 fully saturated rings. The van der Waals surface area contributed by atoms with E-state index in [1.54, 1.807) is 6.07 Å². The molecule has 0 bridgehead atoms. The van der Waals surface area contributed by atoms with Gasteiger partial charge in [0.1, 0.15) is 6.29 Å². The van der Waals surface area contributed by atoms with Crippen molar-refractivity contribution in [3.8, 4) is 0 Å². The van der Waals surface area contributed by atoms with E-state index >= 15 is 0 Å². The second kappa shape index (κ2) is 5.68. The molecule has 2 aromatic rings. The standard InChI is InChI=1S/C17H16ClNO/c18-16-10-13(12-20)7-8-17(16)19-9-3-6-14-4-1-2-5-15(14)11-19/h1-2,4-5,7-8,10,12H,3,6,9,11H2. The molecule has 0 N–H and O–H groups in total. The lowest BCUT2D eigenvalue weighted by Gasteiger charge is -2.24. The summed E-state index contributed by atoms with van der Waals surface area (Å²) in [4.78, 5) is 13.1. The van der Waals surface area contributed by atoms with Gasteiger partial charge in [-0.3, -0.25) is 4.79 Å². The van der Waals surface area contributed by atoms with Gasteiger partial charge in [-0.2, -0.15) is 0 Å². The van der Waals surface area contributed by atoms with Crippen LogP contribution in [0.25, 0.3) is 0 Å². The molecule has 0 aromatic heterocycles. The van der Waals surface area contributed by atoms with E-state index in [1.165, 1.54) is 11.1 Å². The second-order valence-corrected chi connectivity index (χ2v) is 5.53. The largest absolute Gasteiger partial charge is 0.366 e. The summed E-state index contributed by atoms with van der Waals surface area (Å²) in [5.41, 5.74) is 4.42. The van der Waals surface area contributed by atoms with Crippen molar-refractivity contribution in [3.63, 3.8) is 0 Å². The zero-order valence-electron chi connectivity index (χ0n) is 11.2. The molecule has 0 atom stereocenters. The molecule has 0 saturated carbocycles. The van der Waals surface area contributed by atoms with Gasteiger partial charge in [-0.25, -0.2) is 0 Å². The third-order valence-corrected chi connectivity index (χ3v) is 4.10. The van der Waals surface area contributed by atoms with Gasteiger partial charge in [-0.1, -0.05) is 35.9 Å². The van der Waals surface area contributed by atoms with Gasteiger partial charge in [0, 0.05) is 18.7 Å². The van der Waals surface area contributed by atoms with Gasteiger partial charge in [0.15, 0.2) is 0 Å². The van der Waals surface area contributed by atoms with Crippen LogP contribution in [0.15, 0.2) is 42.5 Å². The Morgan fingerprint density at radius 3 is 2.65 bits per heavy atom. The summed E-state index contributed by atoms with van der Waals surface area (Å²) in [6, 6.07) is 14.1. The molecule has 1 aliphatic heterocycles. The Morgan fingerprint density at radius 2 is 1.90 bits per heavy atom. The number of rotatable bonds is 2. The van der Waals surface area contributed by atoms with Crippen molar-refractivity contribution in [2.45, 2.75) is 19.4 Å². The van der Waals surface area contributed by atoms with Gasteiger partial charge < -0.3 is 4.90 Å². The van der Waals surface area contributed by atoms with E-state index in [4.69, 9.17) is 11.6 Å². The van der Waals surface area contributed by atoms with Crippen LogP contribution in [0.5, 0.6) is 0 Å². The highest BCUT2D eigenvalue weighted by Gasteiger charge is 2.16. The molecule has 102 valence electrons. The third-order valence-electron chi connectivity index (χ3n) is 3.80. The van der Waals surface area contributed by atoms with Crippen molar-refractivity contribution in [1.82, 2.24) is 0 Å². The van der Waals surface area contributed by atoms with E-state index in [9.17, 15) is 4.79 Å². The lowest BCUT2D eigenvalue weighted by Crippen LogP contribution is -2.22. The number of carbonyl (C=O) groups is 1. The van der Waals surface area contributed by atoms with Crippen LogP contribution in [0.2, 0.25) is 5.02 Å². The quantitative estimate of drug-likeness (QED) is 0.774. The predicted octanol–water partition coefficient (Wildman–Crippen LogP) is 4.11. The summed E-state index contributed by atoms with van der Waals surface area (Å²) in [5.74, 6) is 0. The average molecular weight is 286 g/mol. The minimum absolute atomic E-state index is 0.619. The molecule has 2 nitrogen and oxygen atoms in total. The summed E-state index contributed by atoms with van der Waals surface area (Å²) in [6.45, 7) is 1.85. The molecule has 3 rings (SSSR count). The fourth-order valence-corrected chi connectivity index (χ4v) is 3.07. The summed E-state index contributed by atoms with van der Waals surface area (Å²) < 4.78 is 0. The van der Waals surface area contributed by atoms with Gasteiger partial charge >= 0.3 is 0 Å². The first kappa shape index (κ1) is 13.2. The molecule has 0 unspecified atom stereocenters. The Labute approximate surface area is 124 Å². The van der Waals surface area contributed by atoms with Crippen LogP contribution in [-0.4, -0.2) is 12.8 Å². The average Bonchev–Trinajstić information content (AvgIpc) is 2.69. The third kappa shape index (κ3) is 2.56. The predicted molar refractivity (Wildman–Crippen MR) is 82.7 cm³/mol. The SMILES string of the molecule is O=Cc1ccc(N2CCCc3ccccc3C2)c(Cl)c1. The van der Waals surface area contributed by atoms with Crippen molar-refractivity contribution in [3.05, 3.63) is 64.2 Å². The number of fused-ring (bicyclic) bond motifs is 1. The summed E-state index contributed by atoms with van der Waals surface area (Å²) in [5, 5.41) is 0.647. The fourth-order valence-electron chi connectivity index (χ4n) is 2.76. The Balaban J connectivity index is 1.93. The first-order valence-electron chi connectivity index (χ1n) is 6.84. The van der Waals surface area contributed by atoms with E-state index in [0.717, 1.165) is 37.9 Å². The van der Waals surface area contributed by atoms with Crippen molar-refractivity contribution in [2.75, 3.05) is 11.4 Å². The molecule has 0 spiro atoms. The van der Waals surface area contributed by atoms with Crippen LogP contribution < -0.4 is 4.90 Å². The molecule has 20 heavy (non-hydrogen) atoms. The van der Waals surface area contributed by atoms with E-state index in [1.807, 2.05) is 12.1 Å². The fraction of sp³-hybridized carbons (Fsp3) is 0.235. The van der Waals surface area contributed by atoms with Gasteiger partial charge in [0.05, 0.1) is 10.7 Å². The van der Waals surface area contributed by atoms with Crippen LogP contribution in [-0.2, 0) is 13.0 Å². The Bertz CT molecular complexity index is 639. The molecule has 0 saturated heterocycles. The van der Waals surface area contributed by atoms with E-state index < -0.39 is 0 Å². The molecule has 1 heterocycles. The number of halogens is 1. The van der Waals surface area contributed by atoms with Crippen LogP contribution in [0.3, 0.4) is 0 Å². The minimum atomic E-state index is 0.619. The van der Waals surface area contributed by atoms with Crippen LogP contribution in [0.1, 0.15) is 27.9 Å². The topological polar surface area (TPSA) is 20.3 Å². The number of carbonyl (C=O) groups excluding carboxylic acids is 1. The van der Waals surface area contributed by atoms with Gasteiger partial charge in [-0.05, 0) is 42.2 Å². The smallest absolute Gasteiger partial charge is 0.150 e. The number of hydrogen-bond donors (Lipinski definition) is 0. The molecule has 0 radical (unpaired) electrons. The summed E-state index contributed by atoms with van der Waals surface area (Å²) in [6.07, 6.45) is 3.05. The number of nitrogens with zero attached hydrogens (tertiary/aromatic N) is 1. The highest BCUT2D eigenvalue weighted by molar-refractivity contribution is 6.33. The Kier molecular flexibility index (Phi) is 3.75. The Hall–Kier alpha value is -1.80. The minimum Gasteiger partial charge on any atom is -0.366 e. The van der Waals surface area contributed by atoms with Crippen molar-refractivity contribution in [1.29, 1.82) is 0 Å². The normalized spacial score (nSPS) is 14.6. The zero-order chi connectivity index (χ0) is 13.9. The summed E-state index contributed by atoms with van der Waals surface area (Å²) >= 11 is 6.32. The van der Waals surface area contributed by atoms with Crippen molar-refractivity contribution >= 4 is 23.6 Å². The second-order valence-electron chi connectivity index (χ2n) is 5.12. The Morgan fingerprint density at radius 1 is 1.10 bits per heavy atom. The van der Waals surface area contributed by atoms with Crippen LogP contribution >= 0.6 is 11.6 Å². The van der Waals surface area contributed by atoms with E-state index in [2.05, 4.69) is 29.2 Å². The lowest BCUT2D eigenvalue weighted by atomic mass is 10.0. The van der Waals surface area contributed by atoms with Crippen LogP contribution in [0, 0.1) is 0 Å². The molecule has 3 heteroatoms. The van der Waals surface area contributed by atoms with Crippen molar-refractivity contribution < 1.29 is 4.79 Å². The number of anilines is 1. The molecule has 0 amide bonds. The number of hydrogen-bond acceptors (Lipinski definition) is 2. The first-order chi connectivity index (χ1) is 9.78. The monoisotopic (exact) mass is 285 g/mol. The number of benzene rings is 2. The van der Waals surface area contributed by atoms with Gasteiger partial charge in [-0.15, -0.1) is 0 Å². The molecular weight excluding hydrogens is 270 g/mol. The molecule has 1 aliphatic rings. The molecular formula is C17H16ClNO. The van der Waals surface area contributed by atoms with Gasteiger partial charge in [0.2, 0.25) is 0 Å². The van der Waals surface area contributed by atoms with E-state index in [-0.39, 0.29) is 0 Å². The van der Waals surface area contributed by atoms with E-state index in [0.29, 0.717) is 10.6 Å². The highest BCUT2D eigenvalue weighted by Crippen LogP contribution is 2.30. The number of aryl methyl sites for hydroxylation is 1. The maximum Gasteiger partial charge on any atom is 0.150 e. The maximum absolute atomic E-state index is 10.8.